The summed E-state index contributed by atoms with van der Waals surface area (Å²) >= 11 is 1.51. The van der Waals surface area contributed by atoms with Crippen molar-refractivity contribution in [1.29, 1.82) is 0 Å². The van der Waals surface area contributed by atoms with Crippen molar-refractivity contribution in [2.45, 2.75) is 23.2 Å². The lowest BCUT2D eigenvalue weighted by molar-refractivity contribution is -0.144. The first-order chi connectivity index (χ1) is 6.68. The summed E-state index contributed by atoms with van der Waals surface area (Å²) in [5.41, 5.74) is 0. The zero-order chi connectivity index (χ0) is 10.1. The molecule has 1 saturated carbocycles. The second-order valence-corrected chi connectivity index (χ2v) is 4.61. The predicted molar refractivity (Wildman–Crippen MR) is 51.0 cm³/mol. The maximum absolute atomic E-state index is 10.7. The van der Waals surface area contributed by atoms with E-state index in [9.17, 15) is 4.79 Å². The molecule has 1 heterocycles. The van der Waals surface area contributed by atoms with E-state index in [1.807, 2.05) is 11.6 Å². The highest BCUT2D eigenvalue weighted by atomic mass is 32.2. The molecule has 0 aliphatic heterocycles. The van der Waals surface area contributed by atoms with Gasteiger partial charge in [0.25, 0.3) is 0 Å². The van der Waals surface area contributed by atoms with E-state index in [4.69, 9.17) is 5.11 Å². The van der Waals surface area contributed by atoms with Crippen molar-refractivity contribution in [3.05, 3.63) is 6.33 Å². The van der Waals surface area contributed by atoms with Gasteiger partial charge in [-0.2, -0.15) is 0 Å². The largest absolute Gasteiger partial charge is 0.481 e. The Balaban J connectivity index is 1.99. The highest BCUT2D eigenvalue weighted by molar-refractivity contribution is 7.99. The van der Waals surface area contributed by atoms with Gasteiger partial charge in [-0.15, -0.1) is 10.2 Å². The van der Waals surface area contributed by atoms with Crippen molar-refractivity contribution in [1.82, 2.24) is 14.8 Å². The van der Waals surface area contributed by atoms with Crippen molar-refractivity contribution in [2.24, 2.45) is 13.0 Å². The van der Waals surface area contributed by atoms with E-state index >= 15 is 0 Å². The Bertz CT molecular complexity index is 352. The molecule has 0 spiro atoms. The van der Waals surface area contributed by atoms with Crippen molar-refractivity contribution in [3.63, 3.8) is 0 Å². The quantitative estimate of drug-likeness (QED) is 0.803. The summed E-state index contributed by atoms with van der Waals surface area (Å²) in [7, 11) is 1.86. The molecule has 0 radical (unpaired) electrons. The second kappa shape index (κ2) is 3.61. The Morgan fingerprint density at radius 1 is 1.71 bits per heavy atom. The summed E-state index contributed by atoms with van der Waals surface area (Å²) in [6, 6.07) is 0. The van der Waals surface area contributed by atoms with E-state index in [-0.39, 0.29) is 11.2 Å². The molecular weight excluding hydrogens is 202 g/mol. The SMILES string of the molecule is Cn1cnnc1SC1CCC1C(=O)O. The summed E-state index contributed by atoms with van der Waals surface area (Å²) in [6.45, 7) is 0. The smallest absolute Gasteiger partial charge is 0.307 e. The summed E-state index contributed by atoms with van der Waals surface area (Å²) in [5, 5.41) is 17.5. The second-order valence-electron chi connectivity index (χ2n) is 3.40. The van der Waals surface area contributed by atoms with Gasteiger partial charge >= 0.3 is 5.97 Å². The Labute approximate surface area is 85.5 Å². The fourth-order valence-electron chi connectivity index (χ4n) is 1.41. The number of aliphatic carboxylic acids is 1. The van der Waals surface area contributed by atoms with Crippen LogP contribution in [0.1, 0.15) is 12.8 Å². The average molecular weight is 213 g/mol. The molecule has 14 heavy (non-hydrogen) atoms. The molecule has 2 rings (SSSR count). The van der Waals surface area contributed by atoms with Crippen LogP contribution in [0.5, 0.6) is 0 Å². The maximum atomic E-state index is 10.7. The predicted octanol–water partition coefficient (Wildman–Crippen LogP) is 0.770. The third kappa shape index (κ3) is 1.61. The van der Waals surface area contributed by atoms with Crippen LogP contribution in [0.15, 0.2) is 11.5 Å². The minimum Gasteiger partial charge on any atom is -0.481 e. The molecule has 2 atom stereocenters. The number of carbonyl (C=O) groups is 1. The molecular formula is C8H11N3O2S. The Morgan fingerprint density at radius 3 is 2.93 bits per heavy atom. The molecule has 5 nitrogen and oxygen atoms in total. The van der Waals surface area contributed by atoms with Crippen LogP contribution in [0.3, 0.4) is 0 Å². The third-order valence-corrected chi connectivity index (χ3v) is 3.90. The highest BCUT2D eigenvalue weighted by Crippen LogP contribution is 2.40. The van der Waals surface area contributed by atoms with Crippen molar-refractivity contribution < 1.29 is 9.90 Å². The molecule has 0 amide bonds. The molecule has 1 fully saturated rings. The minimum absolute atomic E-state index is 0.162. The lowest BCUT2D eigenvalue weighted by Gasteiger charge is -2.31. The standard InChI is InChI=1S/C8H11N3O2S/c1-11-4-9-10-8(11)14-6-3-2-5(6)7(12)13/h4-6H,2-3H2,1H3,(H,12,13). The van der Waals surface area contributed by atoms with E-state index in [1.165, 1.54) is 11.8 Å². The van der Waals surface area contributed by atoms with Crippen LogP contribution in [0.4, 0.5) is 0 Å². The van der Waals surface area contributed by atoms with Crippen LogP contribution in [0.2, 0.25) is 0 Å². The van der Waals surface area contributed by atoms with Gasteiger partial charge < -0.3 is 9.67 Å². The first-order valence-corrected chi connectivity index (χ1v) is 5.30. The molecule has 76 valence electrons. The van der Waals surface area contributed by atoms with Crippen LogP contribution >= 0.6 is 11.8 Å². The van der Waals surface area contributed by atoms with Crippen LogP contribution < -0.4 is 0 Å². The Kier molecular flexibility index (Phi) is 2.45. The first-order valence-electron chi connectivity index (χ1n) is 4.42. The van der Waals surface area contributed by atoms with Gasteiger partial charge in [0.05, 0.1) is 5.92 Å². The number of aromatic nitrogens is 3. The fourth-order valence-corrected chi connectivity index (χ4v) is 2.66. The number of hydrogen-bond donors (Lipinski definition) is 1. The zero-order valence-corrected chi connectivity index (χ0v) is 8.57. The monoisotopic (exact) mass is 213 g/mol. The number of thioether (sulfide) groups is 1. The molecule has 1 aliphatic rings. The van der Waals surface area contributed by atoms with Crippen LogP contribution in [-0.2, 0) is 11.8 Å². The van der Waals surface area contributed by atoms with Crippen molar-refractivity contribution >= 4 is 17.7 Å². The molecule has 1 N–H and O–H groups in total. The number of carboxylic acid groups (broad SMARTS) is 1. The molecule has 0 bridgehead atoms. The minimum atomic E-state index is -0.698. The molecule has 1 aromatic rings. The van der Waals surface area contributed by atoms with Gasteiger partial charge in [0, 0.05) is 12.3 Å². The van der Waals surface area contributed by atoms with Gasteiger partial charge in [0.15, 0.2) is 5.16 Å². The number of aryl methyl sites for hydroxylation is 1. The fraction of sp³-hybridized carbons (Fsp3) is 0.625. The Morgan fingerprint density at radius 2 is 2.50 bits per heavy atom. The van der Waals surface area contributed by atoms with E-state index in [1.54, 1.807) is 6.33 Å². The molecule has 0 aromatic carbocycles. The molecule has 2 unspecified atom stereocenters. The van der Waals surface area contributed by atoms with Gasteiger partial charge in [0.2, 0.25) is 0 Å². The lowest BCUT2D eigenvalue weighted by atomic mass is 9.85. The van der Waals surface area contributed by atoms with E-state index in [0.717, 1.165) is 18.0 Å². The molecule has 1 aliphatic carbocycles. The summed E-state index contributed by atoms with van der Waals surface area (Å²) in [5.74, 6) is -0.910. The van der Waals surface area contributed by atoms with Crippen molar-refractivity contribution in [2.75, 3.05) is 0 Å². The first kappa shape index (κ1) is 9.51. The number of rotatable bonds is 3. The lowest BCUT2D eigenvalue weighted by Crippen LogP contribution is -2.35. The van der Waals surface area contributed by atoms with Crippen LogP contribution in [0.25, 0.3) is 0 Å². The zero-order valence-electron chi connectivity index (χ0n) is 7.75. The highest BCUT2D eigenvalue weighted by Gasteiger charge is 2.37. The summed E-state index contributed by atoms with van der Waals surface area (Å²) in [4.78, 5) is 10.7. The van der Waals surface area contributed by atoms with Gasteiger partial charge in [-0.1, -0.05) is 11.8 Å². The summed E-state index contributed by atoms with van der Waals surface area (Å²) < 4.78 is 1.81. The normalized spacial score (nSPS) is 25.8. The third-order valence-electron chi connectivity index (χ3n) is 2.45. The van der Waals surface area contributed by atoms with Gasteiger partial charge in [0.1, 0.15) is 6.33 Å². The van der Waals surface area contributed by atoms with E-state index < -0.39 is 5.97 Å². The molecule has 1 aromatic heterocycles. The average Bonchev–Trinajstić information content (AvgIpc) is 2.44. The van der Waals surface area contributed by atoms with Gasteiger partial charge in [-0.3, -0.25) is 4.79 Å². The molecule has 0 saturated heterocycles. The summed E-state index contributed by atoms with van der Waals surface area (Å²) in [6.07, 6.45) is 3.36. The van der Waals surface area contributed by atoms with Crippen LogP contribution in [0, 0.1) is 5.92 Å². The topological polar surface area (TPSA) is 68.0 Å². The number of carboxylic acids is 1. The van der Waals surface area contributed by atoms with E-state index in [0.29, 0.717) is 0 Å². The van der Waals surface area contributed by atoms with Crippen molar-refractivity contribution in [3.8, 4) is 0 Å². The van der Waals surface area contributed by atoms with Crippen LogP contribution in [-0.4, -0.2) is 31.1 Å². The number of hydrogen-bond acceptors (Lipinski definition) is 4. The van der Waals surface area contributed by atoms with E-state index in [2.05, 4.69) is 10.2 Å². The number of nitrogens with zero attached hydrogens (tertiary/aromatic N) is 3. The maximum Gasteiger partial charge on any atom is 0.307 e. The molecule has 6 heteroatoms. The van der Waals surface area contributed by atoms with Gasteiger partial charge in [-0.25, -0.2) is 0 Å². The van der Waals surface area contributed by atoms with Gasteiger partial charge in [-0.05, 0) is 12.8 Å². The Hall–Kier alpha value is -1.04.